The van der Waals surface area contributed by atoms with Crippen LogP contribution in [0.1, 0.15) is 39.2 Å². The molecule has 3 aromatic carbocycles. The number of non-ortho nitro benzene ring substituents is 1. The van der Waals surface area contributed by atoms with Gasteiger partial charge in [0.1, 0.15) is 6.54 Å². The van der Waals surface area contributed by atoms with Crippen LogP contribution in [0.4, 0.5) is 18.9 Å². The summed E-state index contributed by atoms with van der Waals surface area (Å²) >= 11 is 6.29. The van der Waals surface area contributed by atoms with Crippen LogP contribution in [0.25, 0.3) is 0 Å². The lowest BCUT2D eigenvalue weighted by Crippen LogP contribution is -2.43. The van der Waals surface area contributed by atoms with Crippen LogP contribution in [0.15, 0.2) is 91.1 Å². The topological polar surface area (TPSA) is 97.9 Å². The van der Waals surface area contributed by atoms with Crippen LogP contribution in [0.3, 0.4) is 0 Å². The molecule has 0 saturated heterocycles. The molecule has 1 heterocycles. The third kappa shape index (κ3) is 9.18. The van der Waals surface area contributed by atoms with Crippen molar-refractivity contribution in [2.24, 2.45) is 0 Å². The minimum atomic E-state index is -4.47. The van der Waals surface area contributed by atoms with E-state index in [0.29, 0.717) is 24.3 Å². The molecule has 0 spiro atoms. The molecule has 0 saturated carbocycles. The van der Waals surface area contributed by atoms with Crippen LogP contribution in [0.2, 0.25) is 5.02 Å². The van der Waals surface area contributed by atoms with E-state index < -0.39 is 22.6 Å². The molecule has 0 radical (unpaired) electrons. The first-order valence-electron chi connectivity index (χ1n) is 14.3. The highest BCUT2D eigenvalue weighted by molar-refractivity contribution is 6.34. The van der Waals surface area contributed by atoms with Gasteiger partial charge in [-0.1, -0.05) is 54.1 Å². The number of carbonyl (C=O) groups is 2. The summed E-state index contributed by atoms with van der Waals surface area (Å²) in [5, 5.41) is 11.1. The summed E-state index contributed by atoms with van der Waals surface area (Å²) in [7, 11) is 1.54. The predicted octanol–water partition coefficient (Wildman–Crippen LogP) is 6.82. The summed E-state index contributed by atoms with van der Waals surface area (Å²) in [6, 6.07) is 21.2. The predicted molar refractivity (Wildman–Crippen MR) is 166 cm³/mol. The second-order valence-corrected chi connectivity index (χ2v) is 11.0. The van der Waals surface area contributed by atoms with Gasteiger partial charge in [-0.25, -0.2) is 0 Å². The molecule has 1 aromatic heterocycles. The molecule has 46 heavy (non-hydrogen) atoms. The number of benzene rings is 3. The molecular formula is C33H32ClF3N4O5. The number of amides is 2. The Kier molecular flexibility index (Phi) is 11.6. The first-order chi connectivity index (χ1) is 22.0. The van der Waals surface area contributed by atoms with Crippen molar-refractivity contribution in [2.75, 3.05) is 26.8 Å². The highest BCUT2D eigenvalue weighted by Gasteiger charge is 2.30. The number of methoxy groups -OCH3 is 1. The lowest BCUT2D eigenvalue weighted by atomic mass is 10.1. The SMILES string of the molecule is COCCCN(Cc1cccn1Cc1cccc(C(F)(F)F)c1)C(=O)CN(Cc1ccccc1)C(=O)c1ccc([N+](=O)[O-])cc1Cl. The highest BCUT2D eigenvalue weighted by atomic mass is 35.5. The average Bonchev–Trinajstić information content (AvgIpc) is 3.46. The summed E-state index contributed by atoms with van der Waals surface area (Å²) in [4.78, 5) is 41.1. The maximum atomic E-state index is 13.9. The van der Waals surface area contributed by atoms with E-state index in [1.807, 2.05) is 6.07 Å². The highest BCUT2D eigenvalue weighted by Crippen LogP contribution is 2.30. The number of nitro groups is 1. The number of nitro benzene ring substituents is 1. The molecule has 0 unspecified atom stereocenters. The van der Waals surface area contributed by atoms with Gasteiger partial charge in [0.2, 0.25) is 5.91 Å². The van der Waals surface area contributed by atoms with Gasteiger partial charge in [-0.15, -0.1) is 0 Å². The van der Waals surface area contributed by atoms with Gasteiger partial charge in [0, 0.05) is 57.4 Å². The third-order valence-corrected chi connectivity index (χ3v) is 7.55. The first-order valence-corrected chi connectivity index (χ1v) is 14.7. The van der Waals surface area contributed by atoms with Gasteiger partial charge < -0.3 is 19.1 Å². The van der Waals surface area contributed by atoms with Crippen LogP contribution in [0.5, 0.6) is 0 Å². The number of alkyl halides is 3. The molecule has 0 aliphatic carbocycles. The van der Waals surface area contributed by atoms with E-state index in [0.717, 1.165) is 23.8 Å². The summed E-state index contributed by atoms with van der Waals surface area (Å²) in [6.45, 7) is 0.676. The second kappa shape index (κ2) is 15.5. The van der Waals surface area contributed by atoms with E-state index in [1.54, 1.807) is 65.2 Å². The zero-order valence-electron chi connectivity index (χ0n) is 25.0. The molecule has 13 heteroatoms. The quantitative estimate of drug-likeness (QED) is 0.0843. The average molecular weight is 657 g/mol. The molecule has 0 N–H and O–H groups in total. The summed E-state index contributed by atoms with van der Waals surface area (Å²) in [5.74, 6) is -0.966. The molecule has 4 rings (SSSR count). The summed E-state index contributed by atoms with van der Waals surface area (Å²) < 4.78 is 46.8. The zero-order chi connectivity index (χ0) is 33.3. The number of hydrogen-bond donors (Lipinski definition) is 0. The number of aromatic nitrogens is 1. The van der Waals surface area contributed by atoms with Crippen LogP contribution < -0.4 is 0 Å². The molecule has 4 aromatic rings. The number of rotatable bonds is 14. The standard InChI is InChI=1S/C33H32ClF3N4O5/c1-46-17-7-16-39(22-28-12-6-15-38(28)21-25-10-5-11-26(18-25)33(35,36)37)31(42)23-40(20-24-8-3-2-4-9-24)32(43)29-14-13-27(41(44)45)19-30(29)34/h2-6,8-15,18-19H,7,16-17,20-23H2,1H3. The third-order valence-electron chi connectivity index (χ3n) is 7.24. The molecule has 9 nitrogen and oxygen atoms in total. The van der Waals surface area contributed by atoms with Gasteiger partial charge in [-0.3, -0.25) is 19.7 Å². The van der Waals surface area contributed by atoms with Crippen LogP contribution in [-0.4, -0.2) is 57.9 Å². The van der Waals surface area contributed by atoms with Crippen molar-refractivity contribution in [3.63, 3.8) is 0 Å². The van der Waals surface area contributed by atoms with Crippen LogP contribution in [0, 0.1) is 10.1 Å². The Bertz CT molecular complexity index is 1660. The van der Waals surface area contributed by atoms with Gasteiger partial charge in [-0.05, 0) is 47.9 Å². The molecule has 0 fully saturated rings. The van der Waals surface area contributed by atoms with Crippen molar-refractivity contribution < 1.29 is 32.4 Å². The Morgan fingerprint density at radius 1 is 0.935 bits per heavy atom. The van der Waals surface area contributed by atoms with Crippen molar-refractivity contribution in [3.05, 3.63) is 134 Å². The maximum absolute atomic E-state index is 13.9. The van der Waals surface area contributed by atoms with Crippen molar-refractivity contribution in [3.8, 4) is 0 Å². The zero-order valence-corrected chi connectivity index (χ0v) is 25.7. The molecule has 0 aliphatic heterocycles. The molecule has 242 valence electrons. The second-order valence-electron chi connectivity index (χ2n) is 10.6. The van der Waals surface area contributed by atoms with E-state index in [9.17, 15) is 32.9 Å². The van der Waals surface area contributed by atoms with Gasteiger partial charge in [-0.2, -0.15) is 13.2 Å². The summed E-state index contributed by atoms with van der Waals surface area (Å²) in [5.41, 5.74) is 0.877. The van der Waals surface area contributed by atoms with Gasteiger partial charge in [0.25, 0.3) is 11.6 Å². The van der Waals surface area contributed by atoms with Crippen molar-refractivity contribution in [1.82, 2.24) is 14.4 Å². The molecule has 2 amide bonds. The molecule has 0 aliphatic rings. The fraction of sp³-hybridized carbons (Fsp3) is 0.273. The Morgan fingerprint density at radius 2 is 1.67 bits per heavy atom. The monoisotopic (exact) mass is 656 g/mol. The fourth-order valence-electron chi connectivity index (χ4n) is 4.91. The van der Waals surface area contributed by atoms with Crippen molar-refractivity contribution >= 4 is 29.1 Å². The van der Waals surface area contributed by atoms with E-state index in [1.165, 1.54) is 23.1 Å². The lowest BCUT2D eigenvalue weighted by Gasteiger charge is -2.28. The largest absolute Gasteiger partial charge is 0.416 e. The van der Waals surface area contributed by atoms with E-state index >= 15 is 0 Å². The number of carbonyl (C=O) groups excluding carboxylic acids is 2. The Balaban J connectivity index is 1.59. The first kappa shape index (κ1) is 34.2. The Labute approximate surface area is 268 Å². The fourth-order valence-corrected chi connectivity index (χ4v) is 5.16. The van der Waals surface area contributed by atoms with Crippen molar-refractivity contribution in [1.29, 1.82) is 0 Å². The number of ether oxygens (including phenoxy) is 1. The number of hydrogen-bond acceptors (Lipinski definition) is 5. The van der Waals surface area contributed by atoms with Gasteiger partial charge in [0.15, 0.2) is 0 Å². The molecule has 0 atom stereocenters. The summed E-state index contributed by atoms with van der Waals surface area (Å²) in [6.07, 6.45) is -2.24. The van der Waals surface area contributed by atoms with E-state index in [-0.39, 0.29) is 54.9 Å². The Hall–Kier alpha value is -4.68. The van der Waals surface area contributed by atoms with Gasteiger partial charge >= 0.3 is 6.18 Å². The van der Waals surface area contributed by atoms with E-state index in [4.69, 9.17) is 16.3 Å². The Morgan fingerprint density at radius 3 is 2.35 bits per heavy atom. The van der Waals surface area contributed by atoms with Crippen molar-refractivity contribution in [2.45, 2.75) is 32.2 Å². The minimum absolute atomic E-state index is 0.0110. The van der Waals surface area contributed by atoms with Gasteiger partial charge in [0.05, 0.1) is 27.6 Å². The maximum Gasteiger partial charge on any atom is 0.416 e. The van der Waals surface area contributed by atoms with Crippen LogP contribution in [-0.2, 0) is 35.3 Å². The molecular weight excluding hydrogens is 625 g/mol. The smallest absolute Gasteiger partial charge is 0.385 e. The number of nitrogens with zero attached hydrogens (tertiary/aromatic N) is 4. The molecule has 0 bridgehead atoms. The normalized spacial score (nSPS) is 11.3. The lowest BCUT2D eigenvalue weighted by molar-refractivity contribution is -0.384. The van der Waals surface area contributed by atoms with E-state index in [2.05, 4.69) is 0 Å². The minimum Gasteiger partial charge on any atom is -0.385 e. The van der Waals surface area contributed by atoms with Crippen LogP contribution >= 0.6 is 11.6 Å². The number of halogens is 4.